The quantitative estimate of drug-likeness (QED) is 0.923. The maximum atomic E-state index is 6.38. The number of hydrogen-bond acceptors (Lipinski definition) is 3. The Hall–Kier alpha value is -0.580. The molecule has 1 aliphatic heterocycles. The van der Waals surface area contributed by atoms with Crippen molar-refractivity contribution in [3.63, 3.8) is 0 Å². The number of hydrogen-bond donors (Lipinski definition) is 1. The molecular weight excluding hydrogens is 260 g/mol. The zero-order valence-corrected chi connectivity index (χ0v) is 13.2. The molecule has 1 aliphatic rings. The van der Waals surface area contributed by atoms with Crippen LogP contribution in [0.4, 0.5) is 0 Å². The van der Waals surface area contributed by atoms with Gasteiger partial charge in [0.1, 0.15) is 0 Å². The largest absolute Gasteiger partial charge is 0.269 e. The van der Waals surface area contributed by atoms with Crippen molar-refractivity contribution >= 4 is 11.6 Å². The van der Waals surface area contributed by atoms with Gasteiger partial charge in [-0.2, -0.15) is 5.10 Å². The number of aromatic nitrogens is 2. The van der Waals surface area contributed by atoms with Gasteiger partial charge < -0.3 is 0 Å². The highest BCUT2D eigenvalue weighted by molar-refractivity contribution is 6.31. The van der Waals surface area contributed by atoms with Crippen molar-refractivity contribution < 1.29 is 0 Å². The molecule has 2 heterocycles. The summed E-state index contributed by atoms with van der Waals surface area (Å²) < 4.78 is 1.90. The lowest BCUT2D eigenvalue weighted by atomic mass is 10.00. The molecule has 0 amide bonds. The van der Waals surface area contributed by atoms with Crippen LogP contribution in [0.5, 0.6) is 0 Å². The molecule has 0 saturated carbocycles. The average molecular weight is 285 g/mol. The summed E-state index contributed by atoms with van der Waals surface area (Å²) in [6.45, 7) is 7.40. The number of nitrogens with one attached hydrogen (secondary N) is 1. The molecule has 1 aromatic heterocycles. The molecule has 2 unspecified atom stereocenters. The van der Waals surface area contributed by atoms with Crippen LogP contribution in [0.3, 0.4) is 0 Å². The second kappa shape index (κ2) is 6.25. The smallest absolute Gasteiger partial charge is 0.0863 e. The molecule has 0 aromatic carbocycles. The van der Waals surface area contributed by atoms with Crippen molar-refractivity contribution in [2.45, 2.75) is 65.1 Å². The van der Waals surface area contributed by atoms with Gasteiger partial charge in [-0.05, 0) is 33.1 Å². The van der Waals surface area contributed by atoms with Crippen LogP contribution in [0.1, 0.15) is 51.4 Å². The topological polar surface area (TPSA) is 33.1 Å². The van der Waals surface area contributed by atoms with Gasteiger partial charge in [0.05, 0.1) is 23.0 Å². The van der Waals surface area contributed by atoms with E-state index in [-0.39, 0.29) is 0 Å². The fourth-order valence-corrected chi connectivity index (χ4v) is 3.27. The molecule has 108 valence electrons. The third-order valence-corrected chi connectivity index (χ3v) is 4.56. The molecule has 0 aliphatic carbocycles. The molecule has 5 heteroatoms. The number of halogens is 1. The van der Waals surface area contributed by atoms with E-state index < -0.39 is 0 Å². The standard InChI is InChI=1S/C14H25ClN4/c1-5-12-14(15)13(18(4)17-12)9-16-19-10(2)7-6-8-11(19)3/h10-11,16H,5-9H2,1-4H3. The first kappa shape index (κ1) is 14.8. The summed E-state index contributed by atoms with van der Waals surface area (Å²) >= 11 is 6.38. The van der Waals surface area contributed by atoms with Gasteiger partial charge in [0.15, 0.2) is 0 Å². The second-order valence-electron chi connectivity index (χ2n) is 5.56. The average Bonchev–Trinajstić information content (AvgIpc) is 2.65. The van der Waals surface area contributed by atoms with E-state index in [1.807, 2.05) is 11.7 Å². The number of aryl methyl sites for hydroxylation is 2. The molecule has 4 nitrogen and oxygen atoms in total. The van der Waals surface area contributed by atoms with Gasteiger partial charge in [0, 0.05) is 19.1 Å². The van der Waals surface area contributed by atoms with Gasteiger partial charge in [-0.15, -0.1) is 0 Å². The molecule has 1 N–H and O–H groups in total. The summed E-state index contributed by atoms with van der Waals surface area (Å²) in [5, 5.41) is 7.64. The van der Waals surface area contributed by atoms with Crippen LogP contribution < -0.4 is 5.43 Å². The summed E-state index contributed by atoms with van der Waals surface area (Å²) in [4.78, 5) is 0. The van der Waals surface area contributed by atoms with E-state index in [1.165, 1.54) is 19.3 Å². The number of hydrazine groups is 1. The van der Waals surface area contributed by atoms with Gasteiger partial charge in [-0.25, -0.2) is 10.4 Å². The molecule has 1 aromatic rings. The molecule has 19 heavy (non-hydrogen) atoms. The molecule has 1 saturated heterocycles. The van der Waals surface area contributed by atoms with Crippen LogP contribution in [0, 0.1) is 0 Å². The van der Waals surface area contributed by atoms with Crippen molar-refractivity contribution in [1.82, 2.24) is 20.2 Å². The Morgan fingerprint density at radius 2 is 1.95 bits per heavy atom. The Morgan fingerprint density at radius 3 is 2.47 bits per heavy atom. The summed E-state index contributed by atoms with van der Waals surface area (Å²) in [7, 11) is 1.96. The van der Waals surface area contributed by atoms with Crippen molar-refractivity contribution in [2.75, 3.05) is 0 Å². The molecule has 2 atom stereocenters. The summed E-state index contributed by atoms with van der Waals surface area (Å²) in [5.74, 6) is 0. The number of rotatable bonds is 4. The van der Waals surface area contributed by atoms with Crippen LogP contribution in [0.15, 0.2) is 0 Å². The Kier molecular flexibility index (Phi) is 4.87. The van der Waals surface area contributed by atoms with E-state index in [2.05, 4.69) is 36.3 Å². The van der Waals surface area contributed by atoms with Crippen molar-refractivity contribution in [1.29, 1.82) is 0 Å². The van der Waals surface area contributed by atoms with Crippen molar-refractivity contribution in [3.8, 4) is 0 Å². The highest BCUT2D eigenvalue weighted by Gasteiger charge is 2.25. The molecule has 0 spiro atoms. The third kappa shape index (κ3) is 3.12. The Bertz CT molecular complexity index is 419. The van der Waals surface area contributed by atoms with Gasteiger partial charge >= 0.3 is 0 Å². The zero-order chi connectivity index (χ0) is 14.0. The first-order valence-electron chi connectivity index (χ1n) is 7.26. The predicted octanol–water partition coefficient (Wildman–Crippen LogP) is 2.90. The molecule has 1 fully saturated rings. The Morgan fingerprint density at radius 1 is 1.32 bits per heavy atom. The van der Waals surface area contributed by atoms with Gasteiger partial charge in [-0.3, -0.25) is 4.68 Å². The monoisotopic (exact) mass is 284 g/mol. The maximum Gasteiger partial charge on any atom is 0.0863 e. The first-order valence-corrected chi connectivity index (χ1v) is 7.64. The van der Waals surface area contributed by atoms with Crippen LogP contribution >= 0.6 is 11.6 Å². The second-order valence-corrected chi connectivity index (χ2v) is 5.93. The van der Waals surface area contributed by atoms with Crippen molar-refractivity contribution in [2.24, 2.45) is 7.05 Å². The number of piperidine rings is 1. The maximum absolute atomic E-state index is 6.38. The minimum Gasteiger partial charge on any atom is -0.269 e. The zero-order valence-electron chi connectivity index (χ0n) is 12.4. The van der Waals surface area contributed by atoms with Crippen LogP contribution in [-0.4, -0.2) is 26.9 Å². The lowest BCUT2D eigenvalue weighted by Crippen LogP contribution is -2.51. The van der Waals surface area contributed by atoms with Crippen LogP contribution in [0.2, 0.25) is 5.02 Å². The normalized spacial score (nSPS) is 24.9. The minimum atomic E-state index is 0.585. The van der Waals surface area contributed by atoms with E-state index in [9.17, 15) is 0 Å². The molecule has 2 rings (SSSR count). The predicted molar refractivity (Wildman–Crippen MR) is 79.0 cm³/mol. The molecule has 0 bridgehead atoms. The van der Waals surface area contributed by atoms with Crippen LogP contribution in [-0.2, 0) is 20.0 Å². The third-order valence-electron chi connectivity index (χ3n) is 4.13. The molecule has 0 radical (unpaired) electrons. The van der Waals surface area contributed by atoms with Gasteiger partial charge in [-0.1, -0.05) is 24.9 Å². The van der Waals surface area contributed by atoms with E-state index in [4.69, 9.17) is 11.6 Å². The molecular formula is C14H25ClN4. The Labute approximate surface area is 121 Å². The lowest BCUT2D eigenvalue weighted by Gasteiger charge is -2.39. The van der Waals surface area contributed by atoms with Gasteiger partial charge in [0.25, 0.3) is 0 Å². The summed E-state index contributed by atoms with van der Waals surface area (Å²) in [6, 6.07) is 1.17. The highest BCUT2D eigenvalue weighted by atomic mass is 35.5. The van der Waals surface area contributed by atoms with Crippen molar-refractivity contribution in [3.05, 3.63) is 16.4 Å². The highest BCUT2D eigenvalue weighted by Crippen LogP contribution is 2.23. The van der Waals surface area contributed by atoms with E-state index in [0.717, 1.165) is 29.4 Å². The fraction of sp³-hybridized carbons (Fsp3) is 0.786. The van der Waals surface area contributed by atoms with E-state index >= 15 is 0 Å². The minimum absolute atomic E-state index is 0.585. The summed E-state index contributed by atoms with van der Waals surface area (Å²) in [5.41, 5.74) is 5.60. The number of nitrogens with zero attached hydrogens (tertiary/aromatic N) is 3. The summed E-state index contributed by atoms with van der Waals surface area (Å²) in [6.07, 6.45) is 4.73. The SMILES string of the molecule is CCc1nn(C)c(CNN2C(C)CCCC2C)c1Cl. The van der Waals surface area contributed by atoms with Crippen LogP contribution in [0.25, 0.3) is 0 Å². The first-order chi connectivity index (χ1) is 9.04. The fourth-order valence-electron chi connectivity index (χ4n) is 2.91. The van der Waals surface area contributed by atoms with E-state index in [1.54, 1.807) is 0 Å². The Balaban J connectivity index is 2.04. The van der Waals surface area contributed by atoms with Gasteiger partial charge in [0.2, 0.25) is 0 Å². The lowest BCUT2D eigenvalue weighted by molar-refractivity contribution is 0.0427. The van der Waals surface area contributed by atoms with E-state index in [0.29, 0.717) is 12.1 Å².